The van der Waals surface area contributed by atoms with Crippen molar-refractivity contribution in [2.75, 3.05) is 42.6 Å². The number of nitrogens with zero attached hydrogens (tertiary/aromatic N) is 8. The smallest absolute Gasteiger partial charge is 0.246 e. The Labute approximate surface area is 279 Å². The summed E-state index contributed by atoms with van der Waals surface area (Å²) in [5.74, 6) is 0.109. The maximum Gasteiger partial charge on any atom is 0.246 e. The minimum Gasteiger partial charge on any atom is -0.475 e. The first-order chi connectivity index (χ1) is 23.5. The minimum atomic E-state index is -0.331. The van der Waals surface area contributed by atoms with Crippen molar-refractivity contribution in [1.82, 2.24) is 19.4 Å². The van der Waals surface area contributed by atoms with E-state index in [0.29, 0.717) is 57.2 Å². The third-order valence-electron chi connectivity index (χ3n) is 9.52. The molecule has 4 heterocycles. The van der Waals surface area contributed by atoms with Crippen molar-refractivity contribution < 1.29 is 9.53 Å². The van der Waals surface area contributed by atoms with Crippen molar-refractivity contribution >= 4 is 39.1 Å². The molecule has 1 fully saturated rings. The standard InChI is InChI=1S/C38H36N8O2/c1-3-35(47)46-19-18-44(23-28(46)14-16-39)37-29-15-17-43(34-13-7-10-27-9-6-8-26(2)36(27)34)24-32(29)42-38(30(37)22-40)48-21-20-45-25-41-31-11-4-5-12-33(31)45/h3-13,25,28H,1,14-15,17-21,23-24H2,2H3/t28-/m0/s1. The van der Waals surface area contributed by atoms with Crippen LogP contribution in [0.2, 0.25) is 0 Å². The Bertz CT molecular complexity index is 2120. The molecule has 240 valence electrons. The van der Waals surface area contributed by atoms with Crippen LogP contribution < -0.4 is 14.5 Å². The Morgan fingerprint density at radius 1 is 1.06 bits per heavy atom. The number of imidazole rings is 1. The predicted molar refractivity (Wildman–Crippen MR) is 186 cm³/mol. The fourth-order valence-electron chi connectivity index (χ4n) is 7.24. The SMILES string of the molecule is C=CC(=O)N1CCN(c2c(C#N)c(OCCn3cnc4ccccc43)nc3c2CCN(c2cccc4cccc(C)c24)C3)C[C@@H]1CC#N. The number of anilines is 2. The Hall–Kier alpha value is -5.87. The molecule has 0 N–H and O–H groups in total. The van der Waals surface area contributed by atoms with Gasteiger partial charge in [0.15, 0.2) is 0 Å². The number of amides is 1. The molecule has 0 bridgehead atoms. The molecule has 10 nitrogen and oxygen atoms in total. The van der Waals surface area contributed by atoms with Crippen molar-refractivity contribution in [2.45, 2.75) is 38.9 Å². The Morgan fingerprint density at radius 2 is 1.90 bits per heavy atom. The number of carbonyl (C=O) groups excluding carboxylic acids is 1. The maximum absolute atomic E-state index is 12.7. The summed E-state index contributed by atoms with van der Waals surface area (Å²) in [7, 11) is 0. The topological polar surface area (TPSA) is 114 Å². The highest BCUT2D eigenvalue weighted by Crippen LogP contribution is 2.40. The summed E-state index contributed by atoms with van der Waals surface area (Å²) in [6, 6.07) is 25.1. The molecule has 0 unspecified atom stereocenters. The lowest BCUT2D eigenvalue weighted by Crippen LogP contribution is -2.55. The van der Waals surface area contributed by atoms with Crippen LogP contribution >= 0.6 is 0 Å². The zero-order valence-electron chi connectivity index (χ0n) is 27.0. The number of benzene rings is 3. The van der Waals surface area contributed by atoms with E-state index in [4.69, 9.17) is 9.72 Å². The fraction of sp³-hybridized carbons (Fsp3) is 0.289. The van der Waals surface area contributed by atoms with Crippen LogP contribution in [0, 0.1) is 29.6 Å². The van der Waals surface area contributed by atoms with Crippen LogP contribution in [0.1, 0.15) is 28.8 Å². The average molecular weight is 637 g/mol. The number of hydrogen-bond acceptors (Lipinski definition) is 8. The van der Waals surface area contributed by atoms with Crippen LogP contribution in [-0.4, -0.2) is 64.2 Å². The number of rotatable bonds is 8. The second-order valence-corrected chi connectivity index (χ2v) is 12.3. The number of ether oxygens (including phenoxy) is 1. The monoisotopic (exact) mass is 636 g/mol. The van der Waals surface area contributed by atoms with Gasteiger partial charge < -0.3 is 24.0 Å². The summed E-state index contributed by atoms with van der Waals surface area (Å²) in [6.45, 7) is 9.30. The lowest BCUT2D eigenvalue weighted by Gasteiger charge is -2.43. The van der Waals surface area contributed by atoms with Crippen LogP contribution in [0.25, 0.3) is 21.8 Å². The summed E-state index contributed by atoms with van der Waals surface area (Å²) in [6.07, 6.45) is 3.97. The lowest BCUT2D eigenvalue weighted by molar-refractivity contribution is -0.128. The highest BCUT2D eigenvalue weighted by molar-refractivity contribution is 5.97. The number of piperazine rings is 1. The van der Waals surface area contributed by atoms with Gasteiger partial charge in [0.2, 0.25) is 11.8 Å². The van der Waals surface area contributed by atoms with E-state index in [1.807, 2.05) is 28.8 Å². The van der Waals surface area contributed by atoms with Gasteiger partial charge in [-0.15, -0.1) is 0 Å². The number of aryl methyl sites for hydroxylation is 1. The quantitative estimate of drug-likeness (QED) is 0.205. The summed E-state index contributed by atoms with van der Waals surface area (Å²) >= 11 is 0. The normalized spacial score (nSPS) is 16.0. The molecule has 1 atom stereocenters. The van der Waals surface area contributed by atoms with Gasteiger partial charge in [0.1, 0.15) is 18.2 Å². The molecular weight excluding hydrogens is 600 g/mol. The minimum absolute atomic E-state index is 0.182. The molecular formula is C38H36N8O2. The van der Waals surface area contributed by atoms with E-state index in [1.165, 1.54) is 22.4 Å². The summed E-state index contributed by atoms with van der Waals surface area (Å²) in [4.78, 5) is 28.4. The number of nitriles is 2. The first-order valence-electron chi connectivity index (χ1n) is 16.3. The number of pyridine rings is 1. The molecule has 0 saturated carbocycles. The highest BCUT2D eigenvalue weighted by Gasteiger charge is 2.35. The van der Waals surface area contributed by atoms with Gasteiger partial charge in [0.25, 0.3) is 0 Å². The Kier molecular flexibility index (Phi) is 8.39. The zero-order valence-corrected chi connectivity index (χ0v) is 27.0. The molecule has 5 aromatic rings. The van der Waals surface area contributed by atoms with Crippen LogP contribution in [0.3, 0.4) is 0 Å². The summed E-state index contributed by atoms with van der Waals surface area (Å²) in [5, 5.41) is 22.7. The van der Waals surface area contributed by atoms with Crippen molar-refractivity contribution in [3.05, 3.63) is 102 Å². The summed E-state index contributed by atoms with van der Waals surface area (Å²) < 4.78 is 8.41. The Morgan fingerprint density at radius 3 is 2.71 bits per heavy atom. The van der Waals surface area contributed by atoms with E-state index < -0.39 is 0 Å². The Balaban J connectivity index is 1.26. The van der Waals surface area contributed by atoms with Crippen molar-refractivity contribution in [1.29, 1.82) is 10.5 Å². The molecule has 3 aromatic carbocycles. The number of para-hydroxylation sites is 2. The first-order valence-corrected chi connectivity index (χ1v) is 16.3. The van der Waals surface area contributed by atoms with E-state index in [-0.39, 0.29) is 18.4 Å². The third-order valence-corrected chi connectivity index (χ3v) is 9.52. The molecule has 2 aliphatic rings. The van der Waals surface area contributed by atoms with E-state index in [0.717, 1.165) is 40.2 Å². The second-order valence-electron chi connectivity index (χ2n) is 12.3. The maximum atomic E-state index is 12.7. The third kappa shape index (κ3) is 5.56. The van der Waals surface area contributed by atoms with Crippen LogP contribution in [0.15, 0.2) is 79.6 Å². The van der Waals surface area contributed by atoms with Gasteiger partial charge in [0, 0.05) is 42.8 Å². The van der Waals surface area contributed by atoms with Crippen LogP contribution in [-0.2, 0) is 24.3 Å². The lowest BCUT2D eigenvalue weighted by atomic mass is 9.95. The molecule has 1 saturated heterocycles. The van der Waals surface area contributed by atoms with Gasteiger partial charge in [0.05, 0.1) is 60.4 Å². The van der Waals surface area contributed by atoms with Gasteiger partial charge >= 0.3 is 0 Å². The second kappa shape index (κ2) is 13.1. The number of hydrogen-bond donors (Lipinski definition) is 0. The van der Waals surface area contributed by atoms with E-state index in [2.05, 4.69) is 76.8 Å². The molecule has 0 aliphatic carbocycles. The molecule has 2 aromatic heterocycles. The molecule has 48 heavy (non-hydrogen) atoms. The largest absolute Gasteiger partial charge is 0.475 e. The molecule has 10 heteroatoms. The van der Waals surface area contributed by atoms with E-state index in [9.17, 15) is 15.3 Å². The molecule has 1 amide bonds. The fourth-order valence-corrected chi connectivity index (χ4v) is 7.24. The van der Waals surface area contributed by atoms with Gasteiger partial charge in [-0.25, -0.2) is 9.97 Å². The summed E-state index contributed by atoms with van der Waals surface area (Å²) in [5.41, 5.74) is 7.37. The molecule has 7 rings (SSSR count). The van der Waals surface area contributed by atoms with Crippen LogP contribution in [0.4, 0.5) is 11.4 Å². The number of fused-ring (bicyclic) bond motifs is 3. The molecule has 0 radical (unpaired) electrons. The molecule has 2 aliphatic heterocycles. The van der Waals surface area contributed by atoms with Crippen LogP contribution in [0.5, 0.6) is 5.88 Å². The number of aromatic nitrogens is 3. The van der Waals surface area contributed by atoms with E-state index >= 15 is 0 Å². The van der Waals surface area contributed by atoms with Gasteiger partial charge in [-0.2, -0.15) is 10.5 Å². The highest BCUT2D eigenvalue weighted by atomic mass is 16.5. The van der Waals surface area contributed by atoms with Gasteiger partial charge in [-0.3, -0.25) is 4.79 Å². The van der Waals surface area contributed by atoms with Gasteiger partial charge in [-0.1, -0.05) is 49.0 Å². The zero-order chi connectivity index (χ0) is 33.2. The van der Waals surface area contributed by atoms with Gasteiger partial charge in [-0.05, 0) is 48.6 Å². The van der Waals surface area contributed by atoms with Crippen molar-refractivity contribution in [3.8, 4) is 18.0 Å². The van der Waals surface area contributed by atoms with Crippen molar-refractivity contribution in [2.24, 2.45) is 0 Å². The predicted octanol–water partition coefficient (Wildman–Crippen LogP) is 5.52. The first kappa shape index (κ1) is 30.8. The van der Waals surface area contributed by atoms with E-state index in [1.54, 1.807) is 11.2 Å². The average Bonchev–Trinajstić information content (AvgIpc) is 3.53. The molecule has 0 spiro atoms. The number of carbonyl (C=O) groups is 1. The van der Waals surface area contributed by atoms with Crippen molar-refractivity contribution in [3.63, 3.8) is 0 Å².